The quantitative estimate of drug-likeness (QED) is 0.820. The molecule has 5 heteroatoms. The molecule has 0 heterocycles. The second-order valence-corrected chi connectivity index (χ2v) is 4.16. The lowest BCUT2D eigenvalue weighted by Crippen LogP contribution is -2.21. The molecule has 1 aliphatic rings. The highest BCUT2D eigenvalue weighted by Gasteiger charge is 2.45. The summed E-state index contributed by atoms with van der Waals surface area (Å²) < 4.78 is 18.7. The van der Waals surface area contributed by atoms with E-state index in [4.69, 9.17) is 22.1 Å². The van der Waals surface area contributed by atoms with E-state index in [1.807, 2.05) is 0 Å². The summed E-state index contributed by atoms with van der Waals surface area (Å²) in [4.78, 5) is 0. The second-order valence-electron chi connectivity index (χ2n) is 3.76. The molecule has 82 valence electrons. The Hall–Kier alpha value is -1.00. The summed E-state index contributed by atoms with van der Waals surface area (Å²) in [6.07, 6.45) is 1.33. The van der Waals surface area contributed by atoms with Gasteiger partial charge >= 0.3 is 0 Å². The highest BCUT2D eigenvalue weighted by atomic mass is 35.5. The normalized spacial score (nSPS) is 17.6. The number of nitrogens with two attached hydrogens (primary N) is 1. The third kappa shape index (κ3) is 1.54. The molecule has 0 saturated heterocycles. The molecule has 1 aromatic carbocycles. The van der Waals surface area contributed by atoms with Crippen molar-refractivity contribution in [2.24, 2.45) is 5.73 Å². The average molecular weight is 232 g/mol. The van der Waals surface area contributed by atoms with Gasteiger partial charge in [-0.15, -0.1) is 0 Å². The summed E-state index contributed by atoms with van der Waals surface area (Å²) in [5.74, 6) is -0.709. The third-order valence-corrected chi connectivity index (χ3v) is 2.92. The summed E-state index contributed by atoms with van der Waals surface area (Å²) in [5, 5.41) is 9.42. The fraction of sp³-hybridized carbons (Fsp3) is 0.400. The molecule has 1 aromatic rings. The summed E-state index contributed by atoms with van der Waals surface area (Å²) in [6.45, 7) is 0. The van der Waals surface area contributed by atoms with Crippen LogP contribution in [0.1, 0.15) is 18.4 Å². The number of hydrogen-bond donors (Lipinski definition) is 2. The Balaban J connectivity index is 2.68. The van der Waals surface area contributed by atoms with Gasteiger partial charge in [-0.05, 0) is 12.8 Å². The monoisotopic (exact) mass is 231 g/mol. The van der Waals surface area contributed by atoms with E-state index in [-0.39, 0.29) is 22.1 Å². The van der Waals surface area contributed by atoms with Crippen molar-refractivity contribution in [1.29, 1.82) is 0 Å². The van der Waals surface area contributed by atoms with Crippen LogP contribution in [0.5, 0.6) is 11.5 Å². The smallest absolute Gasteiger partial charge is 0.168 e. The van der Waals surface area contributed by atoms with E-state index in [2.05, 4.69) is 0 Å². The topological polar surface area (TPSA) is 55.5 Å². The van der Waals surface area contributed by atoms with E-state index in [0.29, 0.717) is 12.8 Å². The molecule has 1 saturated carbocycles. The molecule has 0 unspecified atom stereocenters. The van der Waals surface area contributed by atoms with Crippen molar-refractivity contribution in [3.05, 3.63) is 22.5 Å². The van der Waals surface area contributed by atoms with Crippen LogP contribution >= 0.6 is 11.6 Å². The van der Waals surface area contributed by atoms with Crippen molar-refractivity contribution in [3.8, 4) is 11.5 Å². The number of methoxy groups -OCH3 is 1. The number of hydrogen-bond acceptors (Lipinski definition) is 3. The van der Waals surface area contributed by atoms with Gasteiger partial charge < -0.3 is 15.6 Å². The van der Waals surface area contributed by atoms with Gasteiger partial charge in [0.05, 0.1) is 17.7 Å². The van der Waals surface area contributed by atoms with Gasteiger partial charge in [0, 0.05) is 11.6 Å². The number of rotatable bonds is 2. The summed E-state index contributed by atoms with van der Waals surface area (Å²) in [7, 11) is 1.36. The summed E-state index contributed by atoms with van der Waals surface area (Å²) in [5.41, 5.74) is 5.33. The van der Waals surface area contributed by atoms with Crippen LogP contribution in [0.15, 0.2) is 6.07 Å². The number of phenols is 1. The Labute approximate surface area is 91.6 Å². The summed E-state index contributed by atoms with van der Waals surface area (Å²) >= 11 is 5.64. The van der Waals surface area contributed by atoms with Crippen molar-refractivity contribution in [1.82, 2.24) is 0 Å². The predicted molar refractivity (Wildman–Crippen MR) is 54.7 cm³/mol. The number of aromatic hydroxyl groups is 1. The van der Waals surface area contributed by atoms with Crippen molar-refractivity contribution < 1.29 is 14.2 Å². The standard InChI is InChI=1S/C10H11ClFNO2/c1-15-9-6(14)4-5(11)8(12)7(9)10(13)2-3-10/h4,14H,2-3,13H2,1H3. The van der Waals surface area contributed by atoms with Crippen LogP contribution in [-0.2, 0) is 5.54 Å². The number of benzene rings is 1. The fourth-order valence-corrected chi connectivity index (χ4v) is 1.83. The largest absolute Gasteiger partial charge is 0.504 e. The van der Waals surface area contributed by atoms with Gasteiger partial charge in [0.2, 0.25) is 0 Å². The van der Waals surface area contributed by atoms with Crippen molar-refractivity contribution in [3.63, 3.8) is 0 Å². The van der Waals surface area contributed by atoms with Crippen LogP contribution in [0, 0.1) is 5.82 Å². The molecule has 1 aliphatic carbocycles. The molecule has 2 rings (SSSR count). The molecular weight excluding hydrogens is 221 g/mol. The lowest BCUT2D eigenvalue weighted by molar-refractivity contribution is 0.359. The zero-order valence-electron chi connectivity index (χ0n) is 8.18. The zero-order valence-corrected chi connectivity index (χ0v) is 8.94. The first kappa shape index (κ1) is 10.5. The maximum absolute atomic E-state index is 13.8. The van der Waals surface area contributed by atoms with Crippen LogP contribution in [0.4, 0.5) is 4.39 Å². The van der Waals surface area contributed by atoms with Crippen molar-refractivity contribution in [2.45, 2.75) is 18.4 Å². The maximum atomic E-state index is 13.8. The predicted octanol–water partition coefficient (Wildman–Crippen LogP) is 2.14. The van der Waals surface area contributed by atoms with Gasteiger partial charge in [0.25, 0.3) is 0 Å². The lowest BCUT2D eigenvalue weighted by atomic mass is 10.0. The van der Waals surface area contributed by atoms with Crippen LogP contribution in [0.2, 0.25) is 5.02 Å². The van der Waals surface area contributed by atoms with Crippen molar-refractivity contribution in [2.75, 3.05) is 7.11 Å². The Kier molecular flexibility index (Phi) is 2.28. The Bertz CT molecular complexity index is 418. The number of phenolic OH excluding ortho intramolecular Hbond substituents is 1. The minimum atomic E-state index is -0.738. The highest BCUT2D eigenvalue weighted by molar-refractivity contribution is 6.31. The van der Waals surface area contributed by atoms with Gasteiger partial charge in [-0.1, -0.05) is 11.6 Å². The van der Waals surface area contributed by atoms with E-state index < -0.39 is 11.4 Å². The van der Waals surface area contributed by atoms with Crippen molar-refractivity contribution >= 4 is 11.6 Å². The van der Waals surface area contributed by atoms with E-state index in [1.54, 1.807) is 0 Å². The van der Waals surface area contributed by atoms with Gasteiger partial charge in [0.1, 0.15) is 0 Å². The minimum Gasteiger partial charge on any atom is -0.504 e. The first-order chi connectivity index (χ1) is 6.99. The van der Waals surface area contributed by atoms with E-state index in [1.165, 1.54) is 7.11 Å². The first-order valence-electron chi connectivity index (χ1n) is 4.54. The average Bonchev–Trinajstić information content (AvgIpc) is 2.90. The molecule has 0 spiro atoms. The maximum Gasteiger partial charge on any atom is 0.168 e. The first-order valence-corrected chi connectivity index (χ1v) is 4.92. The van der Waals surface area contributed by atoms with Gasteiger partial charge in [0.15, 0.2) is 17.3 Å². The highest BCUT2D eigenvalue weighted by Crippen LogP contribution is 2.51. The molecule has 0 radical (unpaired) electrons. The van der Waals surface area contributed by atoms with E-state index in [9.17, 15) is 9.50 Å². The Morgan fingerprint density at radius 1 is 1.60 bits per heavy atom. The van der Waals surface area contributed by atoms with Gasteiger partial charge in [-0.3, -0.25) is 0 Å². The molecule has 1 fully saturated rings. The summed E-state index contributed by atoms with van der Waals surface area (Å²) in [6, 6.07) is 1.12. The SMILES string of the molecule is COc1c(O)cc(Cl)c(F)c1C1(N)CC1. The van der Waals surface area contributed by atoms with Crippen LogP contribution in [0.25, 0.3) is 0 Å². The molecule has 0 amide bonds. The third-order valence-electron chi connectivity index (χ3n) is 2.64. The fourth-order valence-electron chi connectivity index (χ4n) is 1.63. The van der Waals surface area contributed by atoms with E-state index >= 15 is 0 Å². The van der Waals surface area contributed by atoms with Gasteiger partial charge in [-0.25, -0.2) is 4.39 Å². The van der Waals surface area contributed by atoms with Crippen LogP contribution < -0.4 is 10.5 Å². The zero-order chi connectivity index (χ0) is 11.2. The molecule has 3 N–H and O–H groups in total. The molecule has 3 nitrogen and oxygen atoms in total. The molecule has 0 bridgehead atoms. The van der Waals surface area contributed by atoms with Gasteiger partial charge in [-0.2, -0.15) is 0 Å². The van der Waals surface area contributed by atoms with E-state index in [0.717, 1.165) is 6.07 Å². The second kappa shape index (κ2) is 3.25. The molecule has 0 aromatic heterocycles. The number of halogens is 2. The Morgan fingerprint density at radius 3 is 2.67 bits per heavy atom. The molecule has 0 aliphatic heterocycles. The van der Waals surface area contributed by atoms with Crippen LogP contribution in [-0.4, -0.2) is 12.2 Å². The van der Waals surface area contributed by atoms with Crippen LogP contribution in [0.3, 0.4) is 0 Å². The molecular formula is C10H11ClFNO2. The Morgan fingerprint density at radius 2 is 2.20 bits per heavy atom. The minimum absolute atomic E-state index is 0.0805. The number of ether oxygens (including phenoxy) is 1. The molecule has 0 atom stereocenters. The molecule has 15 heavy (non-hydrogen) atoms. The lowest BCUT2D eigenvalue weighted by Gasteiger charge is -2.17.